The van der Waals surface area contributed by atoms with Gasteiger partial charge < -0.3 is 19.7 Å². The lowest BCUT2D eigenvalue weighted by molar-refractivity contribution is -0.193. The van der Waals surface area contributed by atoms with Crippen LogP contribution in [0.15, 0.2) is 0 Å². The second-order valence-electron chi connectivity index (χ2n) is 3.96. The molecule has 1 aliphatic carbocycles. The van der Waals surface area contributed by atoms with Gasteiger partial charge in [0.15, 0.2) is 0 Å². The van der Waals surface area contributed by atoms with Crippen LogP contribution >= 0.6 is 0 Å². The Balaban J connectivity index is 2.87. The van der Waals surface area contributed by atoms with Crippen LogP contribution in [0.5, 0.6) is 0 Å². The summed E-state index contributed by atoms with van der Waals surface area (Å²) in [5, 5.41) is 18.9. The lowest BCUT2D eigenvalue weighted by atomic mass is 9.81. The van der Waals surface area contributed by atoms with Crippen molar-refractivity contribution in [2.75, 3.05) is 7.11 Å². The Morgan fingerprint density at radius 2 is 1.94 bits per heavy atom. The zero-order valence-corrected chi connectivity index (χ0v) is 9.30. The summed E-state index contributed by atoms with van der Waals surface area (Å²) in [4.78, 5) is 22.5. The van der Waals surface area contributed by atoms with Crippen LogP contribution in [-0.2, 0) is 19.1 Å². The van der Waals surface area contributed by atoms with E-state index in [2.05, 4.69) is 4.74 Å². The fourth-order valence-electron chi connectivity index (χ4n) is 1.93. The molecule has 6 heteroatoms. The van der Waals surface area contributed by atoms with Crippen LogP contribution in [0, 0.1) is 0 Å². The number of esters is 2. The molecule has 0 unspecified atom stereocenters. The SMILES string of the molecule is COC(=O)[C@@]1(OC(C)=O)CC[C@H](O)[C@H](O)C1. The summed E-state index contributed by atoms with van der Waals surface area (Å²) in [5.74, 6) is -1.32. The molecule has 1 fully saturated rings. The Morgan fingerprint density at radius 1 is 1.31 bits per heavy atom. The van der Waals surface area contributed by atoms with E-state index >= 15 is 0 Å². The highest BCUT2D eigenvalue weighted by Crippen LogP contribution is 2.33. The number of ether oxygens (including phenoxy) is 2. The van der Waals surface area contributed by atoms with Crippen molar-refractivity contribution < 1.29 is 29.3 Å². The van der Waals surface area contributed by atoms with Crippen molar-refractivity contribution in [3.05, 3.63) is 0 Å². The van der Waals surface area contributed by atoms with E-state index in [4.69, 9.17) is 4.74 Å². The van der Waals surface area contributed by atoms with Gasteiger partial charge in [-0.25, -0.2) is 4.79 Å². The van der Waals surface area contributed by atoms with Gasteiger partial charge in [0.25, 0.3) is 0 Å². The molecule has 0 aromatic heterocycles. The third-order valence-electron chi connectivity index (χ3n) is 2.72. The highest BCUT2D eigenvalue weighted by atomic mass is 16.6. The van der Waals surface area contributed by atoms with E-state index in [-0.39, 0.29) is 19.3 Å². The van der Waals surface area contributed by atoms with E-state index in [9.17, 15) is 19.8 Å². The molecule has 0 spiro atoms. The van der Waals surface area contributed by atoms with E-state index < -0.39 is 29.7 Å². The summed E-state index contributed by atoms with van der Waals surface area (Å²) in [6.45, 7) is 1.18. The second kappa shape index (κ2) is 4.80. The maximum atomic E-state index is 11.6. The van der Waals surface area contributed by atoms with Gasteiger partial charge in [0.2, 0.25) is 5.60 Å². The van der Waals surface area contributed by atoms with Crippen molar-refractivity contribution in [1.29, 1.82) is 0 Å². The van der Waals surface area contributed by atoms with Crippen LogP contribution < -0.4 is 0 Å². The summed E-state index contributed by atoms with van der Waals surface area (Å²) < 4.78 is 9.53. The van der Waals surface area contributed by atoms with Crippen molar-refractivity contribution in [3.63, 3.8) is 0 Å². The van der Waals surface area contributed by atoms with Gasteiger partial charge in [-0.2, -0.15) is 0 Å². The van der Waals surface area contributed by atoms with Gasteiger partial charge in [-0.15, -0.1) is 0 Å². The third-order valence-corrected chi connectivity index (χ3v) is 2.72. The molecule has 0 saturated heterocycles. The topological polar surface area (TPSA) is 93.1 Å². The molecule has 0 radical (unpaired) electrons. The van der Waals surface area contributed by atoms with Gasteiger partial charge in [-0.05, 0) is 6.42 Å². The first-order valence-corrected chi connectivity index (χ1v) is 5.05. The fraction of sp³-hybridized carbons (Fsp3) is 0.800. The first-order chi connectivity index (χ1) is 7.41. The standard InChI is InChI=1S/C10H16O6/c1-6(11)16-10(9(14)15-2)4-3-7(12)8(13)5-10/h7-8,12-13H,3-5H2,1-2H3/t7-,8+,10+/m0/s1. The molecule has 1 aliphatic rings. The lowest BCUT2D eigenvalue weighted by Gasteiger charge is -2.37. The molecule has 0 aromatic carbocycles. The molecule has 6 nitrogen and oxygen atoms in total. The van der Waals surface area contributed by atoms with Crippen LogP contribution in [0.25, 0.3) is 0 Å². The lowest BCUT2D eigenvalue weighted by Crippen LogP contribution is -2.52. The Labute approximate surface area is 93.2 Å². The van der Waals surface area contributed by atoms with E-state index in [0.29, 0.717) is 0 Å². The van der Waals surface area contributed by atoms with Crippen LogP contribution in [-0.4, -0.2) is 47.1 Å². The molecule has 0 aliphatic heterocycles. The van der Waals surface area contributed by atoms with Gasteiger partial charge in [0.1, 0.15) is 0 Å². The molecule has 0 bridgehead atoms. The predicted molar refractivity (Wildman–Crippen MR) is 52.4 cm³/mol. The molecular weight excluding hydrogens is 216 g/mol. The van der Waals surface area contributed by atoms with Crippen LogP contribution in [0.3, 0.4) is 0 Å². The molecule has 0 heterocycles. The zero-order valence-electron chi connectivity index (χ0n) is 9.30. The van der Waals surface area contributed by atoms with E-state index in [0.717, 1.165) is 0 Å². The average molecular weight is 232 g/mol. The number of aliphatic hydroxyl groups excluding tert-OH is 2. The Hall–Kier alpha value is -1.14. The maximum absolute atomic E-state index is 11.6. The molecule has 1 saturated carbocycles. The number of carbonyl (C=O) groups is 2. The number of methoxy groups -OCH3 is 1. The van der Waals surface area contributed by atoms with Crippen molar-refractivity contribution in [1.82, 2.24) is 0 Å². The van der Waals surface area contributed by atoms with Gasteiger partial charge >= 0.3 is 11.9 Å². The van der Waals surface area contributed by atoms with E-state index in [1.54, 1.807) is 0 Å². The number of hydrogen-bond donors (Lipinski definition) is 2. The predicted octanol–water partition coefficient (Wildman–Crippen LogP) is -0.633. The van der Waals surface area contributed by atoms with Crippen LogP contribution in [0.1, 0.15) is 26.2 Å². The third kappa shape index (κ3) is 2.51. The highest BCUT2D eigenvalue weighted by Gasteiger charge is 2.49. The second-order valence-corrected chi connectivity index (χ2v) is 3.96. The fourth-order valence-corrected chi connectivity index (χ4v) is 1.93. The minimum absolute atomic E-state index is 0.138. The molecule has 2 N–H and O–H groups in total. The largest absolute Gasteiger partial charge is 0.466 e. The first-order valence-electron chi connectivity index (χ1n) is 5.05. The molecule has 92 valence electrons. The van der Waals surface area contributed by atoms with Crippen molar-refractivity contribution in [2.24, 2.45) is 0 Å². The summed E-state index contributed by atoms with van der Waals surface area (Å²) >= 11 is 0. The summed E-state index contributed by atoms with van der Waals surface area (Å²) in [6.07, 6.45) is -1.79. The van der Waals surface area contributed by atoms with Gasteiger partial charge in [0, 0.05) is 19.8 Å². The normalized spacial score (nSPS) is 34.2. The summed E-state index contributed by atoms with van der Waals surface area (Å²) in [7, 11) is 1.19. The van der Waals surface area contributed by atoms with Crippen molar-refractivity contribution in [3.8, 4) is 0 Å². The van der Waals surface area contributed by atoms with Gasteiger partial charge in [0.05, 0.1) is 19.3 Å². The zero-order chi connectivity index (χ0) is 12.3. The van der Waals surface area contributed by atoms with E-state index in [1.165, 1.54) is 14.0 Å². The smallest absolute Gasteiger partial charge is 0.350 e. The first kappa shape index (κ1) is 12.9. The number of hydrogen-bond acceptors (Lipinski definition) is 6. The minimum atomic E-state index is -1.46. The van der Waals surface area contributed by atoms with Gasteiger partial charge in [-0.3, -0.25) is 4.79 Å². The number of aliphatic hydroxyl groups is 2. The number of carbonyl (C=O) groups excluding carboxylic acids is 2. The quantitative estimate of drug-likeness (QED) is 0.615. The molecular formula is C10H16O6. The summed E-state index contributed by atoms with van der Waals surface area (Å²) in [6, 6.07) is 0. The summed E-state index contributed by atoms with van der Waals surface area (Å²) in [5.41, 5.74) is -1.46. The molecule has 0 aromatic rings. The maximum Gasteiger partial charge on any atom is 0.350 e. The van der Waals surface area contributed by atoms with E-state index in [1.807, 2.05) is 0 Å². The number of rotatable bonds is 2. The molecule has 1 rings (SSSR count). The van der Waals surface area contributed by atoms with Crippen LogP contribution in [0.4, 0.5) is 0 Å². The highest BCUT2D eigenvalue weighted by molar-refractivity contribution is 5.83. The monoisotopic (exact) mass is 232 g/mol. The molecule has 0 amide bonds. The Bertz CT molecular complexity index is 289. The van der Waals surface area contributed by atoms with Crippen LogP contribution in [0.2, 0.25) is 0 Å². The van der Waals surface area contributed by atoms with Crippen molar-refractivity contribution >= 4 is 11.9 Å². The Kier molecular flexibility index (Phi) is 3.88. The average Bonchev–Trinajstić information content (AvgIpc) is 2.21. The van der Waals surface area contributed by atoms with Gasteiger partial charge in [-0.1, -0.05) is 0 Å². The molecule has 3 atom stereocenters. The minimum Gasteiger partial charge on any atom is -0.466 e. The van der Waals surface area contributed by atoms with Crippen molar-refractivity contribution in [2.45, 2.75) is 44.0 Å². The molecule has 16 heavy (non-hydrogen) atoms. The Morgan fingerprint density at radius 3 is 2.38 bits per heavy atom.